The molecule has 1 aliphatic heterocycles. The molecule has 0 amide bonds. The van der Waals surface area contributed by atoms with Crippen molar-refractivity contribution >= 4 is 28.4 Å². The van der Waals surface area contributed by atoms with Crippen LogP contribution < -0.4 is 10.2 Å². The van der Waals surface area contributed by atoms with Crippen LogP contribution in [0.1, 0.15) is 0 Å². The Hall–Kier alpha value is -3.20. The summed E-state index contributed by atoms with van der Waals surface area (Å²) >= 11 is 0. The Morgan fingerprint density at radius 2 is 1.58 bits per heavy atom. The number of nitro benzene ring substituents is 2. The van der Waals surface area contributed by atoms with Crippen LogP contribution >= 0.6 is 0 Å². The minimum absolute atomic E-state index is 0.0313. The molecule has 3 rings (SSSR count). The third-order valence-corrected chi connectivity index (χ3v) is 4.40. The fourth-order valence-electron chi connectivity index (χ4n) is 2.87. The number of non-ortho nitro benzene ring substituents is 1. The van der Waals surface area contributed by atoms with Gasteiger partial charge in [0.05, 0.1) is 9.85 Å². The van der Waals surface area contributed by atoms with Crippen molar-refractivity contribution in [3.63, 3.8) is 0 Å². The van der Waals surface area contributed by atoms with Gasteiger partial charge in [-0.2, -0.15) is 0 Å². The number of nitro groups is 2. The number of anilines is 3. The molecule has 1 aliphatic rings. The highest BCUT2D eigenvalue weighted by atomic mass is 16.6. The molecule has 1 heterocycles. The summed E-state index contributed by atoms with van der Waals surface area (Å²) < 4.78 is 0. The van der Waals surface area contributed by atoms with E-state index >= 15 is 0 Å². The van der Waals surface area contributed by atoms with Gasteiger partial charge in [-0.25, -0.2) is 0 Å². The molecule has 2 aromatic carbocycles. The largest absolute Gasteiger partial charge is 0.369 e. The van der Waals surface area contributed by atoms with Crippen molar-refractivity contribution < 1.29 is 9.85 Å². The minimum atomic E-state index is -0.486. The summed E-state index contributed by atoms with van der Waals surface area (Å²) in [6.45, 7) is 3.57. The van der Waals surface area contributed by atoms with Crippen molar-refractivity contribution in [3.05, 3.63) is 62.7 Å². The van der Waals surface area contributed by atoms with Gasteiger partial charge in [0.1, 0.15) is 5.69 Å². The summed E-state index contributed by atoms with van der Waals surface area (Å²) in [5.41, 5.74) is 1.75. The smallest absolute Gasteiger partial charge is 0.292 e. The van der Waals surface area contributed by atoms with Gasteiger partial charge in [-0.3, -0.25) is 20.2 Å². The Kier molecular flexibility index (Phi) is 4.99. The zero-order chi connectivity index (χ0) is 18.7. The van der Waals surface area contributed by atoms with Gasteiger partial charge in [0.25, 0.3) is 11.4 Å². The maximum Gasteiger partial charge on any atom is 0.292 e. The lowest BCUT2D eigenvalue weighted by molar-refractivity contribution is -0.384. The van der Waals surface area contributed by atoms with Gasteiger partial charge in [0, 0.05) is 55.8 Å². The Bertz CT molecular complexity index is 816. The second-order valence-corrected chi connectivity index (χ2v) is 6.18. The first kappa shape index (κ1) is 17.6. The average molecular weight is 357 g/mol. The molecule has 1 fully saturated rings. The van der Waals surface area contributed by atoms with E-state index in [1.54, 1.807) is 12.1 Å². The molecule has 0 aromatic heterocycles. The Morgan fingerprint density at radius 3 is 2.15 bits per heavy atom. The van der Waals surface area contributed by atoms with Gasteiger partial charge >= 0.3 is 0 Å². The molecular formula is C17H19N5O4. The predicted molar refractivity (Wildman–Crippen MR) is 99.2 cm³/mol. The first-order valence-electron chi connectivity index (χ1n) is 8.17. The number of hydrogen-bond acceptors (Lipinski definition) is 7. The maximum absolute atomic E-state index is 11.3. The summed E-state index contributed by atoms with van der Waals surface area (Å²) in [5.74, 6) is 0. The minimum Gasteiger partial charge on any atom is -0.369 e. The van der Waals surface area contributed by atoms with E-state index in [2.05, 4.69) is 22.2 Å². The third kappa shape index (κ3) is 3.89. The topological polar surface area (TPSA) is 105 Å². The number of hydrogen-bond donors (Lipinski definition) is 1. The van der Waals surface area contributed by atoms with Gasteiger partial charge in [0.2, 0.25) is 0 Å². The monoisotopic (exact) mass is 357 g/mol. The van der Waals surface area contributed by atoms with Gasteiger partial charge in [-0.05, 0) is 31.3 Å². The summed E-state index contributed by atoms with van der Waals surface area (Å²) in [7, 11) is 2.06. The summed E-state index contributed by atoms with van der Waals surface area (Å²) in [4.78, 5) is 25.6. The second kappa shape index (κ2) is 7.36. The predicted octanol–water partition coefficient (Wildman–Crippen LogP) is 3.00. The lowest BCUT2D eigenvalue weighted by Crippen LogP contribution is -2.44. The molecule has 0 atom stereocenters. The quantitative estimate of drug-likeness (QED) is 0.648. The van der Waals surface area contributed by atoms with Crippen molar-refractivity contribution in [2.45, 2.75) is 0 Å². The van der Waals surface area contributed by atoms with Crippen LogP contribution in [0.4, 0.5) is 28.4 Å². The molecule has 0 aliphatic carbocycles. The highest BCUT2D eigenvalue weighted by Gasteiger charge is 2.19. The molecule has 0 saturated carbocycles. The van der Waals surface area contributed by atoms with Crippen molar-refractivity contribution in [3.8, 4) is 0 Å². The summed E-state index contributed by atoms with van der Waals surface area (Å²) in [6, 6.07) is 10.8. The van der Waals surface area contributed by atoms with E-state index in [1.165, 1.54) is 30.3 Å². The molecule has 0 radical (unpaired) electrons. The molecule has 1 N–H and O–H groups in total. The summed E-state index contributed by atoms with van der Waals surface area (Å²) in [5, 5.41) is 25.1. The molecule has 0 unspecified atom stereocenters. The van der Waals surface area contributed by atoms with E-state index in [-0.39, 0.29) is 11.4 Å². The van der Waals surface area contributed by atoms with Gasteiger partial charge in [0.15, 0.2) is 0 Å². The van der Waals surface area contributed by atoms with Crippen molar-refractivity contribution in [2.24, 2.45) is 0 Å². The van der Waals surface area contributed by atoms with Gasteiger partial charge in [-0.1, -0.05) is 0 Å². The first-order chi connectivity index (χ1) is 12.4. The normalized spacial score (nSPS) is 14.9. The molecule has 0 spiro atoms. The fraction of sp³-hybridized carbons (Fsp3) is 0.294. The van der Waals surface area contributed by atoms with Gasteiger partial charge in [-0.15, -0.1) is 0 Å². The molecule has 136 valence electrons. The van der Waals surface area contributed by atoms with Crippen LogP contribution in [0.5, 0.6) is 0 Å². The Labute approximate surface area is 150 Å². The third-order valence-electron chi connectivity index (χ3n) is 4.40. The van der Waals surface area contributed by atoms with Crippen LogP contribution in [0.3, 0.4) is 0 Å². The van der Waals surface area contributed by atoms with E-state index in [0.29, 0.717) is 11.4 Å². The average Bonchev–Trinajstić information content (AvgIpc) is 2.62. The second-order valence-electron chi connectivity index (χ2n) is 6.18. The van der Waals surface area contributed by atoms with E-state index in [9.17, 15) is 20.2 Å². The van der Waals surface area contributed by atoms with E-state index in [0.717, 1.165) is 31.9 Å². The van der Waals surface area contributed by atoms with E-state index in [1.807, 2.05) is 0 Å². The summed E-state index contributed by atoms with van der Waals surface area (Å²) in [6.07, 6.45) is 0. The standard InChI is InChI=1S/C17H19N5O4/c1-19-8-10-20(11-9-19)15-6-7-17(22(25)26)16(12-15)18-13-2-4-14(5-3-13)21(23)24/h2-7,12,18H,8-11H2,1H3. The molecule has 0 bridgehead atoms. The number of likely N-dealkylation sites (N-methyl/N-ethyl adjacent to an activating group) is 1. The van der Waals surface area contributed by atoms with Crippen LogP contribution in [0, 0.1) is 20.2 Å². The van der Waals surface area contributed by atoms with Crippen LogP contribution in [0.15, 0.2) is 42.5 Å². The van der Waals surface area contributed by atoms with Crippen molar-refractivity contribution in [2.75, 3.05) is 43.4 Å². The number of rotatable bonds is 5. The highest BCUT2D eigenvalue weighted by molar-refractivity contribution is 5.74. The molecular weight excluding hydrogens is 338 g/mol. The lowest BCUT2D eigenvalue weighted by atomic mass is 10.2. The number of piperazine rings is 1. The van der Waals surface area contributed by atoms with Gasteiger partial charge < -0.3 is 15.1 Å². The SMILES string of the molecule is CN1CCN(c2ccc([N+](=O)[O-])c(Nc3ccc([N+](=O)[O-])cc3)c2)CC1. The molecule has 1 saturated heterocycles. The lowest BCUT2D eigenvalue weighted by Gasteiger charge is -2.34. The van der Waals surface area contributed by atoms with Crippen LogP contribution in [-0.2, 0) is 0 Å². The van der Waals surface area contributed by atoms with Crippen LogP contribution in [-0.4, -0.2) is 48.0 Å². The Morgan fingerprint density at radius 1 is 0.923 bits per heavy atom. The molecule has 2 aromatic rings. The first-order valence-corrected chi connectivity index (χ1v) is 8.17. The fourth-order valence-corrected chi connectivity index (χ4v) is 2.87. The zero-order valence-corrected chi connectivity index (χ0v) is 14.3. The number of benzene rings is 2. The van der Waals surface area contributed by atoms with Crippen LogP contribution in [0.2, 0.25) is 0 Å². The number of nitrogens with one attached hydrogen (secondary N) is 1. The highest BCUT2D eigenvalue weighted by Crippen LogP contribution is 2.32. The zero-order valence-electron chi connectivity index (χ0n) is 14.3. The van der Waals surface area contributed by atoms with Crippen molar-refractivity contribution in [1.82, 2.24) is 4.90 Å². The van der Waals surface area contributed by atoms with Crippen molar-refractivity contribution in [1.29, 1.82) is 0 Å². The number of nitrogens with zero attached hydrogens (tertiary/aromatic N) is 4. The van der Waals surface area contributed by atoms with E-state index in [4.69, 9.17) is 0 Å². The van der Waals surface area contributed by atoms with Crippen LogP contribution in [0.25, 0.3) is 0 Å². The molecule has 26 heavy (non-hydrogen) atoms. The molecule has 9 heteroatoms. The van der Waals surface area contributed by atoms with E-state index < -0.39 is 9.85 Å². The maximum atomic E-state index is 11.3. The Balaban J connectivity index is 1.87. The molecule has 9 nitrogen and oxygen atoms in total.